The van der Waals surface area contributed by atoms with Gasteiger partial charge in [0.25, 0.3) is 0 Å². The van der Waals surface area contributed by atoms with Gasteiger partial charge in [-0.05, 0) is 36.5 Å². The standard InChI is InChI=1S/C30H39N5O6/c1-17(2)13-23(27(37)35-25(30(40)41)14-19-9-5-4-6-10-19)33-28(38)24(34-29(39)26(31)18(3)36)15-20-16-32-22-12-8-7-11-21(20)22/h4-12,16-18,23-26,32,36H,13-15,31H2,1-3H3,(H,33,38)(H,34,39)(H,35,37)(H,40,41). The highest BCUT2D eigenvalue weighted by Gasteiger charge is 2.32. The molecule has 0 radical (unpaired) electrons. The molecule has 220 valence electrons. The summed E-state index contributed by atoms with van der Waals surface area (Å²) in [6.45, 7) is 5.12. The molecule has 0 aliphatic heterocycles. The molecule has 0 spiro atoms. The van der Waals surface area contributed by atoms with Crippen molar-refractivity contribution in [2.45, 2.75) is 70.3 Å². The second kappa shape index (κ2) is 14.4. The number of hydrogen-bond acceptors (Lipinski definition) is 6. The molecular weight excluding hydrogens is 526 g/mol. The Bertz CT molecular complexity index is 1340. The van der Waals surface area contributed by atoms with Gasteiger partial charge in [0.05, 0.1) is 6.10 Å². The number of carboxylic acid groups (broad SMARTS) is 1. The van der Waals surface area contributed by atoms with Gasteiger partial charge >= 0.3 is 5.97 Å². The lowest BCUT2D eigenvalue weighted by Crippen LogP contribution is -2.59. The van der Waals surface area contributed by atoms with Crippen LogP contribution in [0.15, 0.2) is 60.8 Å². The highest BCUT2D eigenvalue weighted by Crippen LogP contribution is 2.19. The normalized spacial score (nSPS) is 15.0. The predicted molar refractivity (Wildman–Crippen MR) is 155 cm³/mol. The maximum absolute atomic E-state index is 13.6. The van der Waals surface area contributed by atoms with Crippen molar-refractivity contribution in [2.24, 2.45) is 11.7 Å². The van der Waals surface area contributed by atoms with Gasteiger partial charge in [0.2, 0.25) is 17.7 Å². The number of aliphatic hydroxyl groups excluding tert-OH is 1. The van der Waals surface area contributed by atoms with E-state index in [0.29, 0.717) is 0 Å². The second-order valence-corrected chi connectivity index (χ2v) is 10.7. The number of aromatic amines is 1. The second-order valence-electron chi connectivity index (χ2n) is 10.7. The minimum Gasteiger partial charge on any atom is -0.480 e. The van der Waals surface area contributed by atoms with Gasteiger partial charge < -0.3 is 36.9 Å². The molecule has 3 rings (SSSR count). The summed E-state index contributed by atoms with van der Waals surface area (Å²) in [5, 5.41) is 28.3. The van der Waals surface area contributed by atoms with E-state index in [9.17, 15) is 29.4 Å². The fourth-order valence-corrected chi connectivity index (χ4v) is 4.51. The molecule has 3 aromatic rings. The molecule has 0 aliphatic rings. The number of hydrogen-bond donors (Lipinski definition) is 7. The number of rotatable bonds is 14. The summed E-state index contributed by atoms with van der Waals surface area (Å²) in [6, 6.07) is 11.7. The summed E-state index contributed by atoms with van der Waals surface area (Å²) >= 11 is 0. The molecule has 0 bridgehead atoms. The third kappa shape index (κ3) is 8.89. The molecule has 11 heteroatoms. The van der Waals surface area contributed by atoms with E-state index in [1.165, 1.54) is 6.92 Å². The summed E-state index contributed by atoms with van der Waals surface area (Å²) in [5.74, 6) is -3.23. The number of fused-ring (bicyclic) bond motifs is 1. The molecule has 0 fully saturated rings. The van der Waals surface area contributed by atoms with Gasteiger partial charge in [-0.15, -0.1) is 0 Å². The lowest BCUT2D eigenvalue weighted by atomic mass is 9.99. The average Bonchev–Trinajstić information content (AvgIpc) is 3.34. The van der Waals surface area contributed by atoms with Crippen LogP contribution in [-0.4, -0.2) is 69.2 Å². The van der Waals surface area contributed by atoms with E-state index in [1.807, 2.05) is 44.2 Å². The number of para-hydroxylation sites is 1. The van der Waals surface area contributed by atoms with Gasteiger partial charge in [-0.1, -0.05) is 62.4 Å². The molecule has 0 saturated carbocycles. The highest BCUT2D eigenvalue weighted by atomic mass is 16.4. The van der Waals surface area contributed by atoms with E-state index in [4.69, 9.17) is 5.73 Å². The van der Waals surface area contributed by atoms with Crippen LogP contribution in [0.3, 0.4) is 0 Å². The van der Waals surface area contributed by atoms with Crippen molar-refractivity contribution in [3.63, 3.8) is 0 Å². The number of benzene rings is 2. The van der Waals surface area contributed by atoms with Crippen molar-refractivity contribution in [3.05, 3.63) is 71.9 Å². The third-order valence-corrected chi connectivity index (χ3v) is 6.79. The van der Waals surface area contributed by atoms with Crippen LogP contribution in [0.2, 0.25) is 0 Å². The first-order valence-electron chi connectivity index (χ1n) is 13.6. The first-order valence-corrected chi connectivity index (χ1v) is 13.6. The fourth-order valence-electron chi connectivity index (χ4n) is 4.51. The first kappa shape index (κ1) is 31.3. The van der Waals surface area contributed by atoms with E-state index >= 15 is 0 Å². The molecule has 41 heavy (non-hydrogen) atoms. The summed E-state index contributed by atoms with van der Waals surface area (Å²) in [5.41, 5.74) is 8.16. The third-order valence-electron chi connectivity index (χ3n) is 6.79. The number of aromatic nitrogens is 1. The molecule has 3 amide bonds. The molecular formula is C30H39N5O6. The number of nitrogens with one attached hydrogen (secondary N) is 4. The number of amides is 3. The Morgan fingerprint density at radius 1 is 0.805 bits per heavy atom. The lowest BCUT2D eigenvalue weighted by Gasteiger charge is -2.26. The van der Waals surface area contributed by atoms with E-state index < -0.39 is 54.0 Å². The van der Waals surface area contributed by atoms with Crippen LogP contribution in [0, 0.1) is 5.92 Å². The van der Waals surface area contributed by atoms with Crippen molar-refractivity contribution >= 4 is 34.6 Å². The van der Waals surface area contributed by atoms with Crippen LogP contribution < -0.4 is 21.7 Å². The van der Waals surface area contributed by atoms with Gasteiger partial charge in [0, 0.05) is 29.9 Å². The fraction of sp³-hybridized carbons (Fsp3) is 0.400. The van der Waals surface area contributed by atoms with Gasteiger partial charge in [-0.25, -0.2) is 4.79 Å². The van der Waals surface area contributed by atoms with Gasteiger partial charge in [-0.2, -0.15) is 0 Å². The minimum atomic E-state index is -1.27. The Morgan fingerprint density at radius 3 is 2.02 bits per heavy atom. The Labute approximate surface area is 238 Å². The Balaban J connectivity index is 1.82. The van der Waals surface area contributed by atoms with Crippen molar-refractivity contribution in [1.82, 2.24) is 20.9 Å². The molecule has 0 saturated heterocycles. The molecule has 0 aliphatic carbocycles. The zero-order chi connectivity index (χ0) is 30.1. The van der Waals surface area contributed by atoms with Crippen molar-refractivity contribution in [2.75, 3.05) is 0 Å². The average molecular weight is 566 g/mol. The summed E-state index contributed by atoms with van der Waals surface area (Å²) in [7, 11) is 0. The van der Waals surface area contributed by atoms with Crippen molar-refractivity contribution in [3.8, 4) is 0 Å². The number of aliphatic carboxylic acids is 1. The van der Waals surface area contributed by atoms with E-state index in [0.717, 1.165) is 22.0 Å². The number of carbonyl (C=O) groups excluding carboxylic acids is 3. The predicted octanol–water partition coefficient (Wildman–Crippen LogP) is 1.25. The Hall–Kier alpha value is -4.22. The van der Waals surface area contributed by atoms with Crippen LogP contribution in [0.1, 0.15) is 38.3 Å². The smallest absolute Gasteiger partial charge is 0.326 e. The first-order chi connectivity index (χ1) is 19.5. The van der Waals surface area contributed by atoms with Crippen LogP contribution in [0.4, 0.5) is 0 Å². The van der Waals surface area contributed by atoms with Crippen LogP contribution >= 0.6 is 0 Å². The van der Waals surface area contributed by atoms with E-state index in [2.05, 4.69) is 20.9 Å². The SMILES string of the molecule is CC(C)CC(NC(=O)C(Cc1c[nH]c2ccccc12)NC(=O)C(N)C(C)O)C(=O)NC(Cc1ccccc1)C(=O)O. The maximum Gasteiger partial charge on any atom is 0.326 e. The lowest BCUT2D eigenvalue weighted by molar-refractivity contribution is -0.142. The zero-order valence-electron chi connectivity index (χ0n) is 23.5. The summed E-state index contributed by atoms with van der Waals surface area (Å²) in [6.07, 6.45) is 0.974. The molecule has 5 atom stereocenters. The van der Waals surface area contributed by atoms with Crippen molar-refractivity contribution < 1.29 is 29.4 Å². The minimum absolute atomic E-state index is 0.0197. The maximum atomic E-state index is 13.6. The van der Waals surface area contributed by atoms with E-state index in [1.54, 1.807) is 30.5 Å². The highest BCUT2D eigenvalue weighted by molar-refractivity contribution is 5.95. The number of nitrogens with two attached hydrogens (primary N) is 1. The van der Waals surface area contributed by atoms with Crippen LogP contribution in [0.25, 0.3) is 10.9 Å². The Morgan fingerprint density at radius 2 is 1.39 bits per heavy atom. The molecule has 1 aromatic heterocycles. The summed E-state index contributed by atoms with van der Waals surface area (Å²) in [4.78, 5) is 54.8. The molecule has 2 aromatic carbocycles. The van der Waals surface area contributed by atoms with Gasteiger partial charge in [0.1, 0.15) is 24.2 Å². The Kier molecular flexibility index (Phi) is 11.0. The van der Waals surface area contributed by atoms with Crippen LogP contribution in [-0.2, 0) is 32.0 Å². The van der Waals surface area contributed by atoms with Crippen LogP contribution in [0.5, 0.6) is 0 Å². The topological polar surface area (TPSA) is 187 Å². The zero-order valence-corrected chi connectivity index (χ0v) is 23.5. The molecule has 11 nitrogen and oxygen atoms in total. The van der Waals surface area contributed by atoms with Gasteiger partial charge in [0.15, 0.2) is 0 Å². The molecule has 5 unspecified atom stereocenters. The summed E-state index contributed by atoms with van der Waals surface area (Å²) < 4.78 is 0. The van der Waals surface area contributed by atoms with Gasteiger partial charge in [-0.3, -0.25) is 14.4 Å². The number of carboxylic acids is 1. The monoisotopic (exact) mass is 565 g/mol. The largest absolute Gasteiger partial charge is 0.480 e. The number of aliphatic hydroxyl groups is 1. The van der Waals surface area contributed by atoms with E-state index in [-0.39, 0.29) is 25.2 Å². The quantitative estimate of drug-likeness (QED) is 0.153. The molecule has 8 N–H and O–H groups in total. The molecule has 1 heterocycles. The number of H-pyrrole nitrogens is 1. The number of carbonyl (C=O) groups is 4. The van der Waals surface area contributed by atoms with Crippen molar-refractivity contribution in [1.29, 1.82) is 0 Å².